The van der Waals surface area contributed by atoms with Crippen molar-refractivity contribution in [3.8, 4) is 0 Å². The van der Waals surface area contributed by atoms with Crippen molar-refractivity contribution < 1.29 is 0 Å². The van der Waals surface area contributed by atoms with Gasteiger partial charge in [-0.05, 0) is 35.3 Å². The van der Waals surface area contributed by atoms with E-state index in [1.165, 1.54) is 22.9 Å². The van der Waals surface area contributed by atoms with Crippen LogP contribution in [0, 0.1) is 5.41 Å². The van der Waals surface area contributed by atoms with E-state index >= 15 is 0 Å². The second-order valence-electron chi connectivity index (χ2n) is 5.49. The minimum atomic E-state index is 0.398. The Kier molecular flexibility index (Phi) is 3.58. The van der Waals surface area contributed by atoms with Gasteiger partial charge in [-0.1, -0.05) is 52.3 Å². The third-order valence-electron chi connectivity index (χ3n) is 4.05. The molecule has 1 heteroatoms. The fourth-order valence-electron chi connectivity index (χ4n) is 2.56. The number of thiophene rings is 1. The Hall–Kier alpha value is -0.820. The highest BCUT2D eigenvalue weighted by atomic mass is 32.1. The topological polar surface area (TPSA) is 0 Å². The molecule has 1 atom stereocenters. The van der Waals surface area contributed by atoms with Crippen molar-refractivity contribution >= 4 is 21.4 Å². The largest absolute Gasteiger partial charge is 0.140 e. The van der Waals surface area contributed by atoms with Crippen LogP contribution in [0.4, 0.5) is 0 Å². The molecule has 0 aliphatic carbocycles. The summed E-state index contributed by atoms with van der Waals surface area (Å²) in [4.78, 5) is 1.56. The smallest absolute Gasteiger partial charge is 0.0345 e. The molecule has 17 heavy (non-hydrogen) atoms. The molecular weight excluding hydrogens is 224 g/mol. The summed E-state index contributed by atoms with van der Waals surface area (Å²) in [6.07, 6.45) is 2.47. The van der Waals surface area contributed by atoms with Crippen LogP contribution in [0.25, 0.3) is 10.1 Å². The van der Waals surface area contributed by atoms with Gasteiger partial charge in [0.25, 0.3) is 0 Å². The van der Waals surface area contributed by atoms with Gasteiger partial charge in [0.15, 0.2) is 0 Å². The Morgan fingerprint density at radius 3 is 2.47 bits per heavy atom. The Morgan fingerprint density at radius 1 is 1.18 bits per heavy atom. The van der Waals surface area contributed by atoms with Crippen molar-refractivity contribution in [2.75, 3.05) is 0 Å². The van der Waals surface area contributed by atoms with E-state index in [9.17, 15) is 0 Å². The summed E-state index contributed by atoms with van der Waals surface area (Å²) in [6, 6.07) is 11.1. The van der Waals surface area contributed by atoms with E-state index in [-0.39, 0.29) is 0 Å². The predicted octanol–water partition coefficient (Wildman–Crippen LogP) is 5.83. The van der Waals surface area contributed by atoms with E-state index in [0.29, 0.717) is 11.3 Å². The van der Waals surface area contributed by atoms with E-state index in [1.54, 1.807) is 4.88 Å². The van der Waals surface area contributed by atoms with E-state index in [2.05, 4.69) is 58.0 Å². The Labute approximate surface area is 109 Å². The fourth-order valence-corrected chi connectivity index (χ4v) is 4.02. The lowest BCUT2D eigenvalue weighted by molar-refractivity contribution is 0.270. The normalized spacial score (nSPS) is 14.1. The second-order valence-corrected chi connectivity index (χ2v) is 6.60. The predicted molar refractivity (Wildman–Crippen MR) is 78.9 cm³/mol. The zero-order chi connectivity index (χ0) is 12.5. The fraction of sp³-hybridized carbons (Fsp3) is 0.500. The van der Waals surface area contributed by atoms with Crippen molar-refractivity contribution in [3.05, 3.63) is 35.2 Å². The first-order chi connectivity index (χ1) is 8.08. The van der Waals surface area contributed by atoms with Crippen molar-refractivity contribution in [1.29, 1.82) is 0 Å². The van der Waals surface area contributed by atoms with Crippen molar-refractivity contribution in [1.82, 2.24) is 0 Å². The molecule has 0 aliphatic rings. The van der Waals surface area contributed by atoms with Gasteiger partial charge in [-0.3, -0.25) is 0 Å². The third kappa shape index (κ3) is 2.40. The third-order valence-corrected chi connectivity index (χ3v) is 5.28. The van der Waals surface area contributed by atoms with Crippen LogP contribution >= 0.6 is 11.3 Å². The van der Waals surface area contributed by atoms with Gasteiger partial charge in [0.1, 0.15) is 0 Å². The van der Waals surface area contributed by atoms with Crippen LogP contribution in [0.15, 0.2) is 30.3 Å². The van der Waals surface area contributed by atoms with E-state index in [4.69, 9.17) is 0 Å². The average Bonchev–Trinajstić information content (AvgIpc) is 2.72. The van der Waals surface area contributed by atoms with Crippen LogP contribution in [0.3, 0.4) is 0 Å². The summed E-state index contributed by atoms with van der Waals surface area (Å²) in [5, 5.41) is 1.40. The molecule has 1 aromatic carbocycles. The molecule has 2 aromatic rings. The summed E-state index contributed by atoms with van der Waals surface area (Å²) in [5.41, 5.74) is 0.398. The maximum atomic E-state index is 2.39. The highest BCUT2D eigenvalue weighted by Gasteiger charge is 2.28. The molecule has 0 bridgehead atoms. The van der Waals surface area contributed by atoms with Gasteiger partial charge in [0, 0.05) is 9.58 Å². The second kappa shape index (κ2) is 4.81. The molecule has 1 unspecified atom stereocenters. The number of rotatable bonds is 4. The molecule has 0 aliphatic heterocycles. The molecule has 92 valence electrons. The maximum Gasteiger partial charge on any atom is 0.0345 e. The standard InChI is InChI=1S/C16H22S/c1-5-13(16(3,4)6-2)15-11-12-9-7-8-10-14(12)17-15/h7-11,13H,5-6H2,1-4H3. The van der Waals surface area contributed by atoms with Gasteiger partial charge in [-0.2, -0.15) is 0 Å². The molecule has 2 rings (SSSR count). The highest BCUT2D eigenvalue weighted by Crippen LogP contribution is 2.44. The summed E-state index contributed by atoms with van der Waals surface area (Å²) < 4.78 is 1.42. The van der Waals surface area contributed by atoms with Gasteiger partial charge in [0.2, 0.25) is 0 Å². The number of fused-ring (bicyclic) bond motifs is 1. The SMILES string of the molecule is CCC(c1cc2ccccc2s1)C(C)(C)CC. The first kappa shape index (κ1) is 12.6. The van der Waals surface area contributed by atoms with Gasteiger partial charge in [-0.15, -0.1) is 11.3 Å². The van der Waals surface area contributed by atoms with Gasteiger partial charge in [0.05, 0.1) is 0 Å². The summed E-state index contributed by atoms with van der Waals surface area (Å²) >= 11 is 1.97. The first-order valence-electron chi connectivity index (χ1n) is 6.57. The van der Waals surface area contributed by atoms with Gasteiger partial charge >= 0.3 is 0 Å². The first-order valence-corrected chi connectivity index (χ1v) is 7.38. The Morgan fingerprint density at radius 2 is 1.88 bits per heavy atom. The van der Waals surface area contributed by atoms with Crippen LogP contribution in [-0.2, 0) is 0 Å². The summed E-state index contributed by atoms with van der Waals surface area (Å²) in [6.45, 7) is 9.40. The number of hydrogen-bond acceptors (Lipinski definition) is 1. The van der Waals surface area contributed by atoms with Gasteiger partial charge in [-0.25, -0.2) is 0 Å². The van der Waals surface area contributed by atoms with Crippen molar-refractivity contribution in [3.63, 3.8) is 0 Å². The minimum absolute atomic E-state index is 0.398. The van der Waals surface area contributed by atoms with Crippen molar-refractivity contribution in [2.24, 2.45) is 5.41 Å². The van der Waals surface area contributed by atoms with Crippen LogP contribution in [0.5, 0.6) is 0 Å². The summed E-state index contributed by atoms with van der Waals surface area (Å²) in [5.74, 6) is 0.685. The lowest BCUT2D eigenvalue weighted by atomic mass is 9.74. The molecule has 0 nitrogen and oxygen atoms in total. The molecule has 0 N–H and O–H groups in total. The Bertz CT molecular complexity index is 460. The zero-order valence-corrected chi connectivity index (χ0v) is 12.1. The molecule has 1 aromatic heterocycles. The van der Waals surface area contributed by atoms with E-state index < -0.39 is 0 Å². The quantitative estimate of drug-likeness (QED) is 0.636. The van der Waals surface area contributed by atoms with Crippen LogP contribution < -0.4 is 0 Å². The molecule has 0 saturated heterocycles. The average molecular weight is 246 g/mol. The number of benzene rings is 1. The van der Waals surface area contributed by atoms with E-state index in [0.717, 1.165) is 0 Å². The highest BCUT2D eigenvalue weighted by molar-refractivity contribution is 7.19. The van der Waals surface area contributed by atoms with Crippen LogP contribution in [-0.4, -0.2) is 0 Å². The lowest BCUT2D eigenvalue weighted by Gasteiger charge is -2.32. The van der Waals surface area contributed by atoms with E-state index in [1.807, 2.05) is 11.3 Å². The zero-order valence-electron chi connectivity index (χ0n) is 11.3. The van der Waals surface area contributed by atoms with Gasteiger partial charge < -0.3 is 0 Å². The molecule has 0 saturated carbocycles. The molecule has 1 heterocycles. The molecule has 0 amide bonds. The lowest BCUT2D eigenvalue weighted by Crippen LogP contribution is -2.19. The maximum absolute atomic E-state index is 2.39. The summed E-state index contributed by atoms with van der Waals surface area (Å²) in [7, 11) is 0. The molecule has 0 fully saturated rings. The van der Waals surface area contributed by atoms with Crippen molar-refractivity contribution in [2.45, 2.75) is 46.5 Å². The minimum Gasteiger partial charge on any atom is -0.140 e. The molecule has 0 radical (unpaired) electrons. The van der Waals surface area contributed by atoms with Crippen LogP contribution in [0.1, 0.15) is 51.3 Å². The monoisotopic (exact) mass is 246 g/mol. The molecule has 0 spiro atoms. The number of hydrogen-bond donors (Lipinski definition) is 0. The van der Waals surface area contributed by atoms with Crippen LogP contribution in [0.2, 0.25) is 0 Å². The Balaban J connectivity index is 2.43. The molecular formula is C16H22S.